The van der Waals surface area contributed by atoms with Gasteiger partial charge in [-0.25, -0.2) is 0 Å². The summed E-state index contributed by atoms with van der Waals surface area (Å²) in [5, 5.41) is 3.80. The Morgan fingerprint density at radius 2 is 2.24 bits per heavy atom. The van der Waals surface area contributed by atoms with E-state index in [2.05, 4.69) is 10.1 Å². The topological polar surface area (TPSA) is 65.2 Å². The molecule has 0 bridgehead atoms. The Morgan fingerprint density at radius 1 is 1.41 bits per heavy atom. The highest BCUT2D eigenvalue weighted by Crippen LogP contribution is 2.19. The van der Waals surface area contributed by atoms with Crippen molar-refractivity contribution >= 4 is 6.29 Å². The van der Waals surface area contributed by atoms with Crippen LogP contribution in [0.2, 0.25) is 0 Å². The molecule has 0 amide bonds. The Hall–Kier alpha value is -2.17. The molecule has 0 spiro atoms. The van der Waals surface area contributed by atoms with Gasteiger partial charge in [0.1, 0.15) is 12.0 Å². The molecule has 0 aliphatic carbocycles. The number of aromatic nitrogens is 2. The summed E-state index contributed by atoms with van der Waals surface area (Å²) in [5.41, 5.74) is 0.980. The third kappa shape index (κ3) is 2.69. The number of benzene rings is 1. The third-order valence-electron chi connectivity index (χ3n) is 2.31. The average Bonchev–Trinajstić information content (AvgIpc) is 2.78. The van der Waals surface area contributed by atoms with E-state index in [9.17, 15) is 4.79 Å². The fourth-order valence-electron chi connectivity index (χ4n) is 1.54. The smallest absolute Gasteiger partial charge is 0.233 e. The van der Waals surface area contributed by atoms with Crippen molar-refractivity contribution in [3.05, 3.63) is 41.5 Å². The van der Waals surface area contributed by atoms with Crippen molar-refractivity contribution in [1.29, 1.82) is 0 Å². The SMILES string of the molecule is COc1ccccc1Cc1noc(CC=O)n1. The van der Waals surface area contributed by atoms with Crippen molar-refractivity contribution in [1.82, 2.24) is 10.1 Å². The lowest BCUT2D eigenvalue weighted by Gasteiger charge is -2.04. The highest BCUT2D eigenvalue weighted by molar-refractivity contribution is 5.52. The van der Waals surface area contributed by atoms with Crippen LogP contribution in [0.4, 0.5) is 0 Å². The molecule has 0 unspecified atom stereocenters. The minimum atomic E-state index is 0.152. The minimum absolute atomic E-state index is 0.152. The monoisotopic (exact) mass is 232 g/mol. The summed E-state index contributed by atoms with van der Waals surface area (Å²) in [6.45, 7) is 0. The van der Waals surface area contributed by atoms with Crippen molar-refractivity contribution in [3.8, 4) is 5.75 Å². The number of para-hydroxylation sites is 1. The molecule has 0 atom stereocenters. The second-order valence-corrected chi connectivity index (χ2v) is 3.46. The molecular formula is C12H12N2O3. The average molecular weight is 232 g/mol. The van der Waals surface area contributed by atoms with Crippen LogP contribution >= 0.6 is 0 Å². The molecule has 1 aromatic heterocycles. The van der Waals surface area contributed by atoms with Crippen LogP contribution in [0.5, 0.6) is 5.75 Å². The van der Waals surface area contributed by atoms with E-state index >= 15 is 0 Å². The Balaban J connectivity index is 2.16. The molecule has 88 valence electrons. The Kier molecular flexibility index (Phi) is 3.49. The van der Waals surface area contributed by atoms with Gasteiger partial charge in [-0.3, -0.25) is 0 Å². The molecule has 0 radical (unpaired) electrons. The zero-order valence-electron chi connectivity index (χ0n) is 9.42. The molecule has 1 aromatic carbocycles. The van der Waals surface area contributed by atoms with E-state index in [0.717, 1.165) is 17.6 Å². The number of ether oxygens (including phenoxy) is 1. The van der Waals surface area contributed by atoms with Gasteiger partial charge >= 0.3 is 0 Å². The molecule has 17 heavy (non-hydrogen) atoms. The highest BCUT2D eigenvalue weighted by Gasteiger charge is 2.09. The van der Waals surface area contributed by atoms with Crippen LogP contribution in [0.15, 0.2) is 28.8 Å². The zero-order valence-corrected chi connectivity index (χ0v) is 9.42. The van der Waals surface area contributed by atoms with Crippen molar-refractivity contribution in [2.75, 3.05) is 7.11 Å². The molecule has 0 N–H and O–H groups in total. The lowest BCUT2D eigenvalue weighted by atomic mass is 10.1. The van der Waals surface area contributed by atoms with Crippen LogP contribution in [0.3, 0.4) is 0 Å². The summed E-state index contributed by atoms with van der Waals surface area (Å²) in [4.78, 5) is 14.4. The minimum Gasteiger partial charge on any atom is -0.496 e. The summed E-state index contributed by atoms with van der Waals surface area (Å²) in [6.07, 6.45) is 1.41. The maximum Gasteiger partial charge on any atom is 0.233 e. The van der Waals surface area contributed by atoms with E-state index in [0.29, 0.717) is 18.1 Å². The summed E-state index contributed by atoms with van der Waals surface area (Å²) in [6, 6.07) is 7.64. The number of nitrogens with zero attached hydrogens (tertiary/aromatic N) is 2. The summed E-state index contributed by atoms with van der Waals surface area (Å²) >= 11 is 0. The number of methoxy groups -OCH3 is 1. The molecule has 2 rings (SSSR count). The standard InChI is InChI=1S/C12H12N2O3/c1-16-10-5-3-2-4-9(10)8-11-13-12(6-7-15)17-14-11/h2-5,7H,6,8H2,1H3. The van der Waals surface area contributed by atoms with Gasteiger partial charge < -0.3 is 14.1 Å². The molecule has 1 heterocycles. The molecule has 5 nitrogen and oxygen atoms in total. The maximum atomic E-state index is 10.3. The lowest BCUT2D eigenvalue weighted by Crippen LogP contribution is -1.95. The fourth-order valence-corrected chi connectivity index (χ4v) is 1.54. The van der Waals surface area contributed by atoms with E-state index in [1.165, 1.54) is 0 Å². The first-order chi connectivity index (χ1) is 8.33. The van der Waals surface area contributed by atoms with E-state index in [1.54, 1.807) is 7.11 Å². The van der Waals surface area contributed by atoms with E-state index in [-0.39, 0.29) is 6.42 Å². The first-order valence-electron chi connectivity index (χ1n) is 5.20. The van der Waals surface area contributed by atoms with Gasteiger partial charge in [-0.15, -0.1) is 0 Å². The first-order valence-corrected chi connectivity index (χ1v) is 5.20. The zero-order chi connectivity index (χ0) is 12.1. The van der Waals surface area contributed by atoms with Gasteiger partial charge in [-0.1, -0.05) is 23.4 Å². The summed E-state index contributed by atoms with van der Waals surface area (Å²) < 4.78 is 10.1. The van der Waals surface area contributed by atoms with Crippen LogP contribution in [-0.2, 0) is 17.6 Å². The first kappa shape index (κ1) is 11.3. The second-order valence-electron chi connectivity index (χ2n) is 3.46. The molecule has 0 saturated heterocycles. The van der Waals surface area contributed by atoms with Gasteiger partial charge in [0.25, 0.3) is 0 Å². The van der Waals surface area contributed by atoms with Gasteiger partial charge in [0.05, 0.1) is 13.5 Å². The highest BCUT2D eigenvalue weighted by atomic mass is 16.5. The van der Waals surface area contributed by atoms with Crippen LogP contribution < -0.4 is 4.74 Å². The largest absolute Gasteiger partial charge is 0.496 e. The van der Waals surface area contributed by atoms with E-state index < -0.39 is 0 Å². The van der Waals surface area contributed by atoms with E-state index in [1.807, 2.05) is 24.3 Å². The van der Waals surface area contributed by atoms with Crippen molar-refractivity contribution < 1.29 is 14.1 Å². The molecule has 0 aliphatic rings. The fraction of sp³-hybridized carbons (Fsp3) is 0.250. The molecule has 0 aliphatic heterocycles. The Bertz CT molecular complexity index is 508. The van der Waals surface area contributed by atoms with Gasteiger partial charge in [0.2, 0.25) is 5.89 Å². The molecular weight excluding hydrogens is 220 g/mol. The Labute approximate surface area is 98.4 Å². The number of rotatable bonds is 5. The molecule has 0 fully saturated rings. The molecule has 5 heteroatoms. The van der Waals surface area contributed by atoms with Gasteiger partial charge in [-0.2, -0.15) is 4.98 Å². The van der Waals surface area contributed by atoms with Gasteiger partial charge in [0.15, 0.2) is 5.82 Å². The number of aldehydes is 1. The summed E-state index contributed by atoms with van der Waals surface area (Å²) in [5.74, 6) is 1.67. The van der Waals surface area contributed by atoms with Crippen LogP contribution in [0.25, 0.3) is 0 Å². The number of hydrogen-bond acceptors (Lipinski definition) is 5. The number of carbonyl (C=O) groups is 1. The van der Waals surface area contributed by atoms with Gasteiger partial charge in [0, 0.05) is 12.0 Å². The number of carbonyl (C=O) groups excluding carboxylic acids is 1. The van der Waals surface area contributed by atoms with E-state index in [4.69, 9.17) is 9.26 Å². The van der Waals surface area contributed by atoms with Gasteiger partial charge in [-0.05, 0) is 6.07 Å². The predicted molar refractivity (Wildman–Crippen MR) is 59.9 cm³/mol. The summed E-state index contributed by atoms with van der Waals surface area (Å²) in [7, 11) is 1.62. The van der Waals surface area contributed by atoms with Crippen LogP contribution in [-0.4, -0.2) is 23.5 Å². The van der Waals surface area contributed by atoms with Crippen molar-refractivity contribution in [2.24, 2.45) is 0 Å². The predicted octanol–water partition coefficient (Wildman–Crippen LogP) is 1.41. The second kappa shape index (κ2) is 5.25. The van der Waals surface area contributed by atoms with Crippen molar-refractivity contribution in [3.63, 3.8) is 0 Å². The molecule has 2 aromatic rings. The number of hydrogen-bond donors (Lipinski definition) is 0. The van der Waals surface area contributed by atoms with Crippen LogP contribution in [0.1, 0.15) is 17.3 Å². The Morgan fingerprint density at radius 3 is 3.00 bits per heavy atom. The van der Waals surface area contributed by atoms with Crippen LogP contribution in [0, 0.1) is 0 Å². The normalized spacial score (nSPS) is 10.2. The quantitative estimate of drug-likeness (QED) is 0.729. The molecule has 0 saturated carbocycles. The third-order valence-corrected chi connectivity index (χ3v) is 2.31. The van der Waals surface area contributed by atoms with Crippen molar-refractivity contribution in [2.45, 2.75) is 12.8 Å². The maximum absolute atomic E-state index is 10.3. The lowest BCUT2D eigenvalue weighted by molar-refractivity contribution is -0.107.